The Morgan fingerprint density at radius 1 is 1.25 bits per heavy atom. The monoisotopic (exact) mass is 277 g/mol. The third-order valence-corrected chi connectivity index (χ3v) is 2.43. The van der Waals surface area contributed by atoms with E-state index >= 15 is 0 Å². The van der Waals surface area contributed by atoms with E-state index in [0.29, 0.717) is 0 Å². The molecule has 0 aliphatic heterocycles. The number of halogens is 1. The number of hydrogen-bond donors (Lipinski definition) is 1. The zero-order chi connectivity index (χ0) is 14.7. The number of rotatable bonds is 4. The number of carboxylic acid groups (broad SMARTS) is 1. The smallest absolute Gasteiger partial charge is 0.335 e. The minimum absolute atomic E-state index is 0.0376. The van der Waals surface area contributed by atoms with Gasteiger partial charge in [0.25, 0.3) is 0 Å². The molecule has 0 fully saturated rings. The summed E-state index contributed by atoms with van der Waals surface area (Å²) in [6.45, 7) is 0. The Kier molecular flexibility index (Phi) is 3.60. The molecular weight excluding hydrogens is 269 g/mol. The average molecular weight is 277 g/mol. The largest absolute Gasteiger partial charge is 0.478 e. The fraction of sp³-hybridized carbons (Fsp3) is 0. The van der Waals surface area contributed by atoms with E-state index < -0.39 is 22.4 Å². The predicted octanol–water partition coefficient (Wildman–Crippen LogP) is 3.22. The van der Waals surface area contributed by atoms with Crippen LogP contribution in [0.25, 0.3) is 0 Å². The number of carbonyl (C=O) groups is 1. The van der Waals surface area contributed by atoms with Crippen LogP contribution in [-0.2, 0) is 0 Å². The molecule has 6 nitrogen and oxygen atoms in total. The summed E-state index contributed by atoms with van der Waals surface area (Å²) in [5, 5.41) is 19.7. The molecule has 20 heavy (non-hydrogen) atoms. The number of nitrogens with zero attached hydrogens (tertiary/aromatic N) is 1. The van der Waals surface area contributed by atoms with Crippen molar-refractivity contribution < 1.29 is 24.0 Å². The van der Waals surface area contributed by atoms with Gasteiger partial charge in [-0.1, -0.05) is 6.07 Å². The highest BCUT2D eigenvalue weighted by Gasteiger charge is 2.18. The lowest BCUT2D eigenvalue weighted by molar-refractivity contribution is -0.385. The maximum absolute atomic E-state index is 13.0. The summed E-state index contributed by atoms with van der Waals surface area (Å²) in [5.41, 5.74) is -0.568. The Hall–Kier alpha value is -2.96. The second-order valence-corrected chi connectivity index (χ2v) is 3.80. The number of ether oxygens (including phenoxy) is 1. The maximum atomic E-state index is 13.0. The zero-order valence-corrected chi connectivity index (χ0v) is 9.95. The molecule has 0 saturated carbocycles. The Morgan fingerprint density at radius 3 is 2.60 bits per heavy atom. The molecule has 0 atom stereocenters. The molecule has 0 aliphatic carbocycles. The van der Waals surface area contributed by atoms with Gasteiger partial charge in [-0.2, -0.15) is 0 Å². The van der Waals surface area contributed by atoms with Gasteiger partial charge in [0.2, 0.25) is 5.75 Å². The lowest BCUT2D eigenvalue weighted by atomic mass is 10.2. The highest BCUT2D eigenvalue weighted by Crippen LogP contribution is 2.32. The second-order valence-electron chi connectivity index (χ2n) is 3.80. The molecule has 0 amide bonds. The van der Waals surface area contributed by atoms with Gasteiger partial charge >= 0.3 is 11.7 Å². The molecular formula is C13H8FNO5. The first kappa shape index (κ1) is 13.5. The van der Waals surface area contributed by atoms with Gasteiger partial charge in [-0.3, -0.25) is 10.1 Å². The fourth-order valence-electron chi connectivity index (χ4n) is 1.54. The third kappa shape index (κ3) is 2.89. The predicted molar refractivity (Wildman–Crippen MR) is 66.5 cm³/mol. The average Bonchev–Trinajstić information content (AvgIpc) is 2.38. The molecule has 0 bridgehead atoms. The van der Waals surface area contributed by atoms with Crippen LogP contribution in [0.3, 0.4) is 0 Å². The van der Waals surface area contributed by atoms with Crippen molar-refractivity contribution in [3.05, 3.63) is 64.0 Å². The summed E-state index contributed by atoms with van der Waals surface area (Å²) < 4.78 is 18.2. The summed E-state index contributed by atoms with van der Waals surface area (Å²) in [7, 11) is 0. The topological polar surface area (TPSA) is 89.7 Å². The first-order valence-corrected chi connectivity index (χ1v) is 5.42. The molecule has 0 aromatic heterocycles. The molecule has 0 heterocycles. The van der Waals surface area contributed by atoms with E-state index in [9.17, 15) is 19.3 Å². The van der Waals surface area contributed by atoms with E-state index in [4.69, 9.17) is 9.84 Å². The van der Waals surface area contributed by atoms with Crippen LogP contribution in [0.4, 0.5) is 10.1 Å². The van der Waals surface area contributed by atoms with Crippen LogP contribution in [0.1, 0.15) is 10.4 Å². The van der Waals surface area contributed by atoms with Crippen LogP contribution >= 0.6 is 0 Å². The van der Waals surface area contributed by atoms with Crippen LogP contribution in [0.15, 0.2) is 42.5 Å². The summed E-state index contributed by atoms with van der Waals surface area (Å²) in [5.74, 6) is -2.04. The van der Waals surface area contributed by atoms with Gasteiger partial charge in [0, 0.05) is 18.2 Å². The number of benzene rings is 2. The molecule has 0 radical (unpaired) electrons. The van der Waals surface area contributed by atoms with Gasteiger partial charge in [0.15, 0.2) is 0 Å². The highest BCUT2D eigenvalue weighted by molar-refractivity contribution is 5.88. The van der Waals surface area contributed by atoms with Gasteiger partial charge in [0.1, 0.15) is 11.6 Å². The van der Waals surface area contributed by atoms with Crippen LogP contribution in [0.2, 0.25) is 0 Å². The Balaban J connectivity index is 2.44. The maximum Gasteiger partial charge on any atom is 0.335 e. The van der Waals surface area contributed by atoms with E-state index in [2.05, 4.69) is 0 Å². The van der Waals surface area contributed by atoms with Crippen molar-refractivity contribution in [2.24, 2.45) is 0 Å². The van der Waals surface area contributed by atoms with E-state index in [1.807, 2.05) is 0 Å². The normalized spacial score (nSPS) is 10.1. The summed E-state index contributed by atoms with van der Waals surface area (Å²) >= 11 is 0. The lowest BCUT2D eigenvalue weighted by Gasteiger charge is -2.07. The van der Waals surface area contributed by atoms with Crippen LogP contribution in [-0.4, -0.2) is 16.0 Å². The fourth-order valence-corrected chi connectivity index (χ4v) is 1.54. The quantitative estimate of drug-likeness (QED) is 0.684. The van der Waals surface area contributed by atoms with Gasteiger partial charge in [0.05, 0.1) is 10.5 Å². The molecule has 0 unspecified atom stereocenters. The number of nitro groups is 1. The van der Waals surface area contributed by atoms with E-state index in [1.54, 1.807) is 0 Å². The first-order valence-electron chi connectivity index (χ1n) is 5.42. The van der Waals surface area contributed by atoms with Crippen molar-refractivity contribution in [1.29, 1.82) is 0 Å². The van der Waals surface area contributed by atoms with Crippen molar-refractivity contribution in [1.82, 2.24) is 0 Å². The summed E-state index contributed by atoms with van der Waals surface area (Å²) in [6.07, 6.45) is 0. The van der Waals surface area contributed by atoms with E-state index in [0.717, 1.165) is 24.3 Å². The molecule has 2 aromatic rings. The van der Waals surface area contributed by atoms with Gasteiger partial charge in [-0.25, -0.2) is 9.18 Å². The molecule has 0 aliphatic rings. The molecule has 102 valence electrons. The number of carboxylic acids is 1. The number of hydrogen-bond acceptors (Lipinski definition) is 4. The summed E-state index contributed by atoms with van der Waals surface area (Å²) in [4.78, 5) is 21.0. The number of aromatic carboxylic acids is 1. The minimum atomic E-state index is -1.25. The Morgan fingerprint density at radius 2 is 2.00 bits per heavy atom. The van der Waals surface area contributed by atoms with Crippen molar-refractivity contribution >= 4 is 11.7 Å². The van der Waals surface area contributed by atoms with E-state index in [1.165, 1.54) is 18.2 Å². The van der Waals surface area contributed by atoms with Crippen molar-refractivity contribution in [3.8, 4) is 11.5 Å². The standard InChI is InChI=1S/C13H8FNO5/c14-9-2-1-3-10(7-9)20-12-6-8(13(16)17)4-5-11(12)15(18)19/h1-7H,(H,16,17). The van der Waals surface area contributed by atoms with E-state index in [-0.39, 0.29) is 17.1 Å². The van der Waals surface area contributed by atoms with Crippen LogP contribution in [0.5, 0.6) is 11.5 Å². The minimum Gasteiger partial charge on any atom is -0.478 e. The first-order chi connectivity index (χ1) is 9.47. The molecule has 7 heteroatoms. The molecule has 0 spiro atoms. The molecule has 2 rings (SSSR count). The SMILES string of the molecule is O=C(O)c1ccc([N+](=O)[O-])c(Oc2cccc(F)c2)c1. The van der Waals surface area contributed by atoms with Crippen molar-refractivity contribution in [3.63, 3.8) is 0 Å². The van der Waals surface area contributed by atoms with Crippen LogP contribution in [0, 0.1) is 15.9 Å². The van der Waals surface area contributed by atoms with Gasteiger partial charge in [-0.15, -0.1) is 0 Å². The molecule has 0 saturated heterocycles. The van der Waals surface area contributed by atoms with Crippen LogP contribution < -0.4 is 4.74 Å². The Labute approximate surface area is 112 Å². The van der Waals surface area contributed by atoms with Crippen molar-refractivity contribution in [2.45, 2.75) is 0 Å². The van der Waals surface area contributed by atoms with Crippen molar-refractivity contribution in [2.75, 3.05) is 0 Å². The van der Waals surface area contributed by atoms with Gasteiger partial charge in [-0.05, 0) is 18.2 Å². The second kappa shape index (κ2) is 5.35. The summed E-state index contributed by atoms with van der Waals surface area (Å²) in [6, 6.07) is 8.15. The zero-order valence-electron chi connectivity index (χ0n) is 9.95. The Bertz CT molecular complexity index is 686. The lowest BCUT2D eigenvalue weighted by Crippen LogP contribution is -1.99. The highest BCUT2D eigenvalue weighted by atomic mass is 19.1. The van der Waals surface area contributed by atoms with Gasteiger partial charge < -0.3 is 9.84 Å². The molecule has 1 N–H and O–H groups in total. The number of nitro benzene ring substituents is 1. The molecule has 2 aromatic carbocycles. The third-order valence-electron chi connectivity index (χ3n) is 2.43.